The summed E-state index contributed by atoms with van der Waals surface area (Å²) in [5.41, 5.74) is 8.18. The summed E-state index contributed by atoms with van der Waals surface area (Å²) in [6, 6.07) is 5.01. The lowest BCUT2D eigenvalue weighted by Crippen LogP contribution is -2.02. The van der Waals surface area contributed by atoms with Gasteiger partial charge in [-0.15, -0.1) is 0 Å². The van der Waals surface area contributed by atoms with Crippen LogP contribution < -0.4 is 5.73 Å². The molecule has 4 nitrogen and oxygen atoms in total. The number of allylic oxidation sites excluding steroid dienone is 3. The first-order valence-corrected chi connectivity index (χ1v) is 6.92. The molecule has 0 aliphatic rings. The van der Waals surface area contributed by atoms with Gasteiger partial charge in [-0.05, 0) is 36.6 Å². The molecule has 0 radical (unpaired) electrons. The summed E-state index contributed by atoms with van der Waals surface area (Å²) >= 11 is 0. The van der Waals surface area contributed by atoms with Crippen molar-refractivity contribution in [1.29, 1.82) is 0 Å². The van der Waals surface area contributed by atoms with Gasteiger partial charge in [-0.1, -0.05) is 31.2 Å². The van der Waals surface area contributed by atoms with E-state index in [1.54, 1.807) is 30.4 Å². The third-order valence-electron chi connectivity index (χ3n) is 3.21. The number of aromatic carboxylic acids is 1. The van der Waals surface area contributed by atoms with Crippen molar-refractivity contribution in [3.63, 3.8) is 0 Å². The Labute approximate surface area is 125 Å². The summed E-state index contributed by atoms with van der Waals surface area (Å²) in [5, 5.41) is 9.03. The minimum atomic E-state index is -0.951. The molecular weight excluding hydrogens is 266 g/mol. The van der Waals surface area contributed by atoms with Gasteiger partial charge in [0.05, 0.1) is 5.56 Å². The van der Waals surface area contributed by atoms with Gasteiger partial charge in [0.25, 0.3) is 0 Å². The van der Waals surface area contributed by atoms with Gasteiger partial charge in [-0.2, -0.15) is 0 Å². The number of Topliss-reactive ketones (excluding diaryl/α,β-unsaturated/α-hetero) is 1. The van der Waals surface area contributed by atoms with Gasteiger partial charge < -0.3 is 10.8 Å². The highest BCUT2D eigenvalue weighted by Gasteiger charge is 2.07. The smallest absolute Gasteiger partial charge is 0.335 e. The lowest BCUT2D eigenvalue weighted by atomic mass is 9.99. The van der Waals surface area contributed by atoms with Crippen molar-refractivity contribution in [2.24, 2.45) is 5.73 Å². The molecule has 1 rings (SSSR count). The Balaban J connectivity index is 3.04. The third-order valence-corrected chi connectivity index (χ3v) is 3.21. The highest BCUT2D eigenvalue weighted by Crippen LogP contribution is 2.14. The first-order valence-electron chi connectivity index (χ1n) is 6.92. The van der Waals surface area contributed by atoms with Crippen LogP contribution >= 0.6 is 0 Å². The van der Waals surface area contributed by atoms with Crippen molar-refractivity contribution in [2.75, 3.05) is 6.54 Å². The predicted molar refractivity (Wildman–Crippen MR) is 83.4 cm³/mol. The Kier molecular flexibility index (Phi) is 6.56. The minimum absolute atomic E-state index is 0.0479. The maximum Gasteiger partial charge on any atom is 0.335 e. The van der Waals surface area contributed by atoms with E-state index >= 15 is 0 Å². The average Bonchev–Trinajstić information content (AvgIpc) is 2.47. The fourth-order valence-corrected chi connectivity index (χ4v) is 1.92. The van der Waals surface area contributed by atoms with Crippen molar-refractivity contribution >= 4 is 11.8 Å². The van der Waals surface area contributed by atoms with Gasteiger partial charge >= 0.3 is 5.97 Å². The van der Waals surface area contributed by atoms with Gasteiger partial charge in [0.1, 0.15) is 0 Å². The fraction of sp³-hybridized carbons (Fsp3) is 0.294. The maximum absolute atomic E-state index is 11.8. The van der Waals surface area contributed by atoms with Gasteiger partial charge in [-0.25, -0.2) is 4.79 Å². The predicted octanol–water partition coefficient (Wildman–Crippen LogP) is 2.66. The van der Waals surface area contributed by atoms with Crippen molar-refractivity contribution in [3.05, 3.63) is 58.7 Å². The molecule has 0 saturated heterocycles. The van der Waals surface area contributed by atoms with E-state index in [1.807, 2.05) is 19.9 Å². The van der Waals surface area contributed by atoms with Crippen LogP contribution in [0.15, 0.2) is 42.0 Å². The van der Waals surface area contributed by atoms with Crippen molar-refractivity contribution in [3.8, 4) is 0 Å². The molecule has 0 saturated carbocycles. The zero-order valence-electron chi connectivity index (χ0n) is 12.4. The lowest BCUT2D eigenvalue weighted by molar-refractivity contribution is -0.115. The van der Waals surface area contributed by atoms with E-state index in [9.17, 15) is 9.59 Å². The highest BCUT2D eigenvalue weighted by atomic mass is 16.4. The van der Waals surface area contributed by atoms with E-state index in [-0.39, 0.29) is 11.3 Å². The van der Waals surface area contributed by atoms with Crippen LogP contribution in [-0.2, 0) is 11.2 Å². The second kappa shape index (κ2) is 8.17. The van der Waals surface area contributed by atoms with Crippen LogP contribution in [0.3, 0.4) is 0 Å². The number of hydrogen-bond donors (Lipinski definition) is 2. The second-order valence-corrected chi connectivity index (χ2v) is 4.72. The fourth-order valence-electron chi connectivity index (χ4n) is 1.92. The number of carboxylic acid groups (broad SMARTS) is 1. The molecule has 0 bridgehead atoms. The summed E-state index contributed by atoms with van der Waals surface area (Å²) in [6.07, 6.45) is 6.23. The largest absolute Gasteiger partial charge is 0.478 e. The number of carbonyl (C=O) groups is 2. The standard InChI is InChI=1S/C17H21NO3/c1-3-16(19)13(5-4-10-18)8-9-14-11-15(17(20)21)7-6-12(14)2/h4-8,11H,3,9-10,18H2,1-2H3,(H,20,21)/b5-4-,13-8+. The van der Waals surface area contributed by atoms with Crippen LogP contribution in [0, 0.1) is 6.92 Å². The third kappa shape index (κ3) is 5.00. The molecule has 0 aromatic heterocycles. The zero-order valence-corrected chi connectivity index (χ0v) is 12.4. The Morgan fingerprint density at radius 1 is 1.33 bits per heavy atom. The van der Waals surface area contributed by atoms with E-state index in [4.69, 9.17) is 10.8 Å². The quantitative estimate of drug-likeness (QED) is 0.597. The maximum atomic E-state index is 11.8. The van der Waals surface area contributed by atoms with Crippen LogP contribution in [0.2, 0.25) is 0 Å². The summed E-state index contributed by atoms with van der Waals surface area (Å²) in [6.45, 7) is 4.11. The van der Waals surface area contributed by atoms with E-state index in [1.165, 1.54) is 0 Å². The number of nitrogens with two attached hydrogens (primary N) is 1. The summed E-state index contributed by atoms with van der Waals surface area (Å²) in [4.78, 5) is 22.8. The summed E-state index contributed by atoms with van der Waals surface area (Å²) < 4.78 is 0. The molecular formula is C17H21NO3. The molecule has 0 atom stereocenters. The molecule has 3 N–H and O–H groups in total. The number of ketones is 1. The Morgan fingerprint density at radius 2 is 2.05 bits per heavy atom. The first kappa shape index (κ1) is 16.9. The molecule has 0 aliphatic heterocycles. The highest BCUT2D eigenvalue weighted by molar-refractivity contribution is 5.97. The Hall–Kier alpha value is -2.20. The Morgan fingerprint density at radius 3 is 2.62 bits per heavy atom. The lowest BCUT2D eigenvalue weighted by Gasteiger charge is -2.06. The molecule has 0 unspecified atom stereocenters. The van der Waals surface area contributed by atoms with Gasteiger partial charge in [-0.3, -0.25) is 4.79 Å². The SMILES string of the molecule is CCC(=O)C(/C=C\CN)=C/Cc1cc(C(=O)O)ccc1C. The Bertz CT molecular complexity index is 586. The summed E-state index contributed by atoms with van der Waals surface area (Å²) in [7, 11) is 0. The summed E-state index contributed by atoms with van der Waals surface area (Å²) in [5.74, 6) is -0.903. The van der Waals surface area contributed by atoms with Crippen LogP contribution in [0.4, 0.5) is 0 Å². The van der Waals surface area contributed by atoms with E-state index in [2.05, 4.69) is 0 Å². The van der Waals surface area contributed by atoms with E-state index in [0.29, 0.717) is 25.0 Å². The molecule has 0 spiro atoms. The number of benzene rings is 1. The van der Waals surface area contributed by atoms with Crippen LogP contribution in [0.1, 0.15) is 34.8 Å². The topological polar surface area (TPSA) is 80.4 Å². The number of rotatable bonds is 7. The molecule has 0 aliphatic carbocycles. The van der Waals surface area contributed by atoms with Crippen LogP contribution in [0.25, 0.3) is 0 Å². The molecule has 0 amide bonds. The molecule has 0 fully saturated rings. The van der Waals surface area contributed by atoms with Gasteiger partial charge in [0.2, 0.25) is 0 Å². The van der Waals surface area contributed by atoms with E-state index < -0.39 is 5.97 Å². The molecule has 1 aromatic rings. The first-order chi connectivity index (χ1) is 9.99. The number of hydrogen-bond acceptors (Lipinski definition) is 3. The van der Waals surface area contributed by atoms with E-state index in [0.717, 1.165) is 11.1 Å². The van der Waals surface area contributed by atoms with Gasteiger partial charge in [0, 0.05) is 18.5 Å². The number of carboxylic acids is 1. The van der Waals surface area contributed by atoms with Crippen molar-refractivity contribution in [2.45, 2.75) is 26.7 Å². The normalized spacial score (nSPS) is 11.9. The van der Waals surface area contributed by atoms with Crippen LogP contribution in [0.5, 0.6) is 0 Å². The minimum Gasteiger partial charge on any atom is -0.478 e. The average molecular weight is 287 g/mol. The molecule has 4 heteroatoms. The van der Waals surface area contributed by atoms with Gasteiger partial charge in [0.15, 0.2) is 5.78 Å². The number of aryl methyl sites for hydroxylation is 1. The van der Waals surface area contributed by atoms with Crippen molar-refractivity contribution in [1.82, 2.24) is 0 Å². The monoisotopic (exact) mass is 287 g/mol. The molecule has 112 valence electrons. The molecule has 21 heavy (non-hydrogen) atoms. The number of carbonyl (C=O) groups excluding carboxylic acids is 1. The molecule has 1 aromatic carbocycles. The van der Waals surface area contributed by atoms with Crippen molar-refractivity contribution < 1.29 is 14.7 Å². The second-order valence-electron chi connectivity index (χ2n) is 4.72. The zero-order chi connectivity index (χ0) is 15.8. The van der Waals surface area contributed by atoms with Crippen LogP contribution in [-0.4, -0.2) is 23.4 Å². The molecule has 0 heterocycles.